The number of aliphatic hydroxyl groups excluding tert-OH is 1. The lowest BCUT2D eigenvalue weighted by molar-refractivity contribution is -0.198. The fourth-order valence-corrected chi connectivity index (χ4v) is 0.997. The molecule has 0 saturated heterocycles. The van der Waals surface area contributed by atoms with E-state index in [0.717, 1.165) is 0 Å². The summed E-state index contributed by atoms with van der Waals surface area (Å²) >= 11 is 0. The number of nitrogens with one attached hydrogen (secondary N) is 1. The van der Waals surface area contributed by atoms with E-state index >= 15 is 0 Å². The molecule has 1 aromatic heterocycles. The van der Waals surface area contributed by atoms with E-state index in [9.17, 15) is 13.2 Å². The lowest BCUT2D eigenvalue weighted by Gasteiger charge is -2.16. The summed E-state index contributed by atoms with van der Waals surface area (Å²) in [5.41, 5.74) is 0. The van der Waals surface area contributed by atoms with Crippen molar-refractivity contribution in [1.29, 1.82) is 0 Å². The van der Waals surface area contributed by atoms with Crippen LogP contribution in [0.1, 0.15) is 0 Å². The Kier molecular flexibility index (Phi) is 3.94. The topological polar surface area (TPSA) is 54.4 Å². The van der Waals surface area contributed by atoms with Gasteiger partial charge in [0.05, 0.1) is 13.7 Å². The van der Waals surface area contributed by atoms with E-state index in [-0.39, 0.29) is 5.82 Å². The van der Waals surface area contributed by atoms with Crippen LogP contribution < -0.4 is 10.1 Å². The van der Waals surface area contributed by atoms with Crippen LogP contribution >= 0.6 is 0 Å². The third-order valence-electron chi connectivity index (χ3n) is 1.83. The number of pyridine rings is 1. The Hall–Kier alpha value is -1.50. The Morgan fingerprint density at radius 2 is 2.25 bits per heavy atom. The number of rotatable bonds is 4. The van der Waals surface area contributed by atoms with Gasteiger partial charge in [-0.1, -0.05) is 0 Å². The number of aliphatic hydroxyl groups is 1. The number of methoxy groups -OCH3 is 1. The monoisotopic (exact) mass is 236 g/mol. The minimum atomic E-state index is -4.64. The summed E-state index contributed by atoms with van der Waals surface area (Å²) in [5.74, 6) is 0.477. The molecule has 2 N–H and O–H groups in total. The first kappa shape index (κ1) is 12.6. The Balaban J connectivity index is 2.61. The first-order valence-corrected chi connectivity index (χ1v) is 4.43. The molecule has 0 aliphatic carbocycles. The predicted molar refractivity (Wildman–Crippen MR) is 51.3 cm³/mol. The van der Waals surface area contributed by atoms with E-state index in [0.29, 0.717) is 5.75 Å². The molecule has 0 spiro atoms. The number of hydrogen-bond donors (Lipinski definition) is 2. The van der Waals surface area contributed by atoms with Crippen molar-refractivity contribution >= 4 is 5.82 Å². The third kappa shape index (κ3) is 3.27. The van der Waals surface area contributed by atoms with Crippen LogP contribution in [0, 0.1) is 0 Å². The Morgan fingerprint density at radius 1 is 1.56 bits per heavy atom. The molecule has 16 heavy (non-hydrogen) atoms. The minimum absolute atomic E-state index is 0.160. The Bertz CT molecular complexity index is 344. The highest BCUT2D eigenvalue weighted by Crippen LogP contribution is 2.23. The summed E-state index contributed by atoms with van der Waals surface area (Å²) < 4.78 is 40.9. The van der Waals surface area contributed by atoms with Crippen molar-refractivity contribution in [1.82, 2.24) is 4.98 Å². The first-order chi connectivity index (χ1) is 7.45. The van der Waals surface area contributed by atoms with Gasteiger partial charge in [0.2, 0.25) is 0 Å². The third-order valence-corrected chi connectivity index (χ3v) is 1.83. The smallest absolute Gasteiger partial charge is 0.416 e. The molecule has 0 amide bonds. The van der Waals surface area contributed by atoms with Crippen LogP contribution in [0.4, 0.5) is 19.0 Å². The fraction of sp³-hybridized carbons (Fsp3) is 0.444. The average molecular weight is 236 g/mol. The van der Waals surface area contributed by atoms with Crippen LogP contribution in [0.25, 0.3) is 0 Å². The maximum Gasteiger partial charge on any atom is 0.416 e. The summed E-state index contributed by atoms with van der Waals surface area (Å²) in [7, 11) is 1.38. The molecule has 1 heterocycles. The van der Waals surface area contributed by atoms with Crippen molar-refractivity contribution in [2.24, 2.45) is 0 Å². The molecule has 0 radical (unpaired) electrons. The second-order valence-corrected chi connectivity index (χ2v) is 2.99. The zero-order valence-electron chi connectivity index (χ0n) is 8.45. The van der Waals surface area contributed by atoms with Gasteiger partial charge >= 0.3 is 6.18 Å². The van der Waals surface area contributed by atoms with Gasteiger partial charge in [-0.25, -0.2) is 4.98 Å². The molecule has 0 bridgehead atoms. The van der Waals surface area contributed by atoms with Crippen molar-refractivity contribution in [2.45, 2.75) is 12.3 Å². The molecule has 1 atom stereocenters. The highest BCUT2D eigenvalue weighted by molar-refractivity contribution is 5.49. The van der Waals surface area contributed by atoms with Gasteiger partial charge < -0.3 is 15.2 Å². The number of ether oxygens (including phenoxy) is 1. The molecule has 90 valence electrons. The maximum atomic E-state index is 12.0. The highest BCUT2D eigenvalue weighted by atomic mass is 19.4. The number of halogens is 3. The summed E-state index contributed by atoms with van der Waals surface area (Å²) in [6, 6.07) is 3.14. The minimum Gasteiger partial charge on any atom is -0.493 e. The van der Waals surface area contributed by atoms with Crippen molar-refractivity contribution in [2.75, 3.05) is 19.0 Å². The van der Waals surface area contributed by atoms with Gasteiger partial charge in [0.15, 0.2) is 17.7 Å². The summed E-state index contributed by atoms with van der Waals surface area (Å²) in [5, 5.41) is 11.1. The number of nitrogens with zero attached hydrogens (tertiary/aromatic N) is 1. The van der Waals surface area contributed by atoms with Crippen molar-refractivity contribution in [3.8, 4) is 5.75 Å². The summed E-state index contributed by atoms with van der Waals surface area (Å²) in [4.78, 5) is 3.79. The van der Waals surface area contributed by atoms with Crippen LogP contribution in [0.5, 0.6) is 5.75 Å². The predicted octanol–water partition coefficient (Wildman–Crippen LogP) is 1.43. The van der Waals surface area contributed by atoms with Crippen LogP contribution in [0.2, 0.25) is 0 Å². The fourth-order valence-electron chi connectivity index (χ4n) is 0.997. The molecule has 0 aliphatic rings. The van der Waals surface area contributed by atoms with Gasteiger partial charge in [-0.3, -0.25) is 0 Å². The second kappa shape index (κ2) is 5.02. The summed E-state index contributed by atoms with van der Waals surface area (Å²) in [6.45, 7) is -0.670. The average Bonchev–Trinajstić information content (AvgIpc) is 2.24. The van der Waals surface area contributed by atoms with Gasteiger partial charge in [-0.2, -0.15) is 13.2 Å². The zero-order valence-corrected chi connectivity index (χ0v) is 8.45. The van der Waals surface area contributed by atoms with Crippen molar-refractivity contribution in [3.63, 3.8) is 0 Å². The molecule has 4 nitrogen and oxygen atoms in total. The van der Waals surface area contributed by atoms with Crippen molar-refractivity contribution in [3.05, 3.63) is 18.3 Å². The van der Waals surface area contributed by atoms with Crippen LogP contribution in [-0.2, 0) is 0 Å². The van der Waals surface area contributed by atoms with E-state index < -0.39 is 18.8 Å². The molecule has 0 fully saturated rings. The van der Waals surface area contributed by atoms with E-state index in [1.807, 2.05) is 0 Å². The van der Waals surface area contributed by atoms with E-state index in [2.05, 4.69) is 10.3 Å². The van der Waals surface area contributed by atoms with E-state index in [1.165, 1.54) is 13.3 Å². The maximum absolute atomic E-state index is 12.0. The van der Waals surface area contributed by atoms with Crippen LogP contribution in [-0.4, -0.2) is 36.0 Å². The lowest BCUT2D eigenvalue weighted by atomic mass is 10.3. The number of hydrogen-bond acceptors (Lipinski definition) is 4. The molecule has 1 rings (SSSR count). The first-order valence-electron chi connectivity index (χ1n) is 4.43. The molecule has 7 heteroatoms. The SMILES string of the molecule is COc1cccnc1NCC(O)C(F)(F)F. The van der Waals surface area contributed by atoms with E-state index in [1.54, 1.807) is 12.1 Å². The normalized spacial score (nSPS) is 13.3. The van der Waals surface area contributed by atoms with Crippen LogP contribution in [0.3, 0.4) is 0 Å². The second-order valence-electron chi connectivity index (χ2n) is 2.99. The van der Waals surface area contributed by atoms with Gasteiger partial charge in [0.1, 0.15) is 0 Å². The molecule has 1 aromatic rings. The number of aromatic nitrogens is 1. The van der Waals surface area contributed by atoms with Crippen LogP contribution in [0.15, 0.2) is 18.3 Å². The Labute approximate surface area is 90.1 Å². The molecule has 0 aromatic carbocycles. The lowest BCUT2D eigenvalue weighted by Crippen LogP contribution is -2.35. The molecule has 1 unspecified atom stereocenters. The van der Waals surface area contributed by atoms with Gasteiger partial charge in [0.25, 0.3) is 0 Å². The van der Waals surface area contributed by atoms with E-state index in [4.69, 9.17) is 9.84 Å². The van der Waals surface area contributed by atoms with Crippen molar-refractivity contribution < 1.29 is 23.0 Å². The molecular formula is C9H11F3N2O2. The molecule has 0 aliphatic heterocycles. The Morgan fingerprint density at radius 3 is 2.81 bits per heavy atom. The highest BCUT2D eigenvalue weighted by Gasteiger charge is 2.37. The van der Waals surface area contributed by atoms with Gasteiger partial charge in [0, 0.05) is 6.20 Å². The molecular weight excluding hydrogens is 225 g/mol. The standard InChI is InChI=1S/C9H11F3N2O2/c1-16-6-3-2-4-13-8(6)14-5-7(15)9(10,11)12/h2-4,7,15H,5H2,1H3,(H,13,14). The number of anilines is 1. The number of alkyl halides is 3. The molecule has 0 saturated carbocycles. The van der Waals surface area contributed by atoms with Gasteiger partial charge in [-0.15, -0.1) is 0 Å². The zero-order chi connectivity index (χ0) is 12.2. The quantitative estimate of drug-likeness (QED) is 0.830. The van der Waals surface area contributed by atoms with Gasteiger partial charge in [-0.05, 0) is 12.1 Å². The summed E-state index contributed by atoms with van der Waals surface area (Å²) in [6.07, 6.45) is -5.67. The largest absolute Gasteiger partial charge is 0.493 e.